The summed E-state index contributed by atoms with van der Waals surface area (Å²) in [6, 6.07) is 7.61. The van der Waals surface area contributed by atoms with Crippen LogP contribution in [0.3, 0.4) is 0 Å². The van der Waals surface area contributed by atoms with E-state index in [-0.39, 0.29) is 46.9 Å². The number of halogens is 1. The third kappa shape index (κ3) is 5.12. The molecule has 3 aromatic rings. The second-order valence-electron chi connectivity index (χ2n) is 8.04. The predicted molar refractivity (Wildman–Crippen MR) is 129 cm³/mol. The van der Waals surface area contributed by atoms with Crippen LogP contribution in [-0.4, -0.2) is 63.8 Å². The van der Waals surface area contributed by atoms with Crippen molar-refractivity contribution in [3.63, 3.8) is 0 Å². The second-order valence-corrected chi connectivity index (χ2v) is 8.89. The van der Waals surface area contributed by atoms with Crippen LogP contribution in [0.1, 0.15) is 40.5 Å². The van der Waals surface area contributed by atoms with Crippen LogP contribution < -0.4 is 4.74 Å². The Morgan fingerprint density at radius 3 is 2.57 bits per heavy atom. The minimum atomic E-state index is -0.569. The lowest BCUT2D eigenvalue weighted by atomic mass is 9.98. The fourth-order valence-electron chi connectivity index (χ4n) is 4.10. The number of benzene rings is 1. The van der Waals surface area contributed by atoms with E-state index in [9.17, 15) is 14.0 Å². The standard InChI is InChI=1S/C25H25FN4O4S/c1-15-8-9-16(34-23-21(25(32)33-2)19(35-3)10-13-29-23)14-30(15)24(31)17-6-4-7-18(26)20(17)22-27-11-5-12-28-22/h4-7,10-13,15-16H,8-9,14H2,1-3H3. The van der Waals surface area contributed by atoms with Crippen molar-refractivity contribution in [1.29, 1.82) is 0 Å². The van der Waals surface area contributed by atoms with Crippen molar-refractivity contribution in [2.24, 2.45) is 0 Å². The topological polar surface area (TPSA) is 94.5 Å². The summed E-state index contributed by atoms with van der Waals surface area (Å²) in [6.45, 7) is 2.19. The summed E-state index contributed by atoms with van der Waals surface area (Å²) >= 11 is 1.39. The zero-order chi connectivity index (χ0) is 24.9. The van der Waals surface area contributed by atoms with E-state index in [0.29, 0.717) is 17.7 Å². The number of thioether (sulfide) groups is 1. The molecule has 10 heteroatoms. The Morgan fingerprint density at radius 1 is 1.09 bits per heavy atom. The Labute approximate surface area is 206 Å². The van der Waals surface area contributed by atoms with Crippen LogP contribution in [0.25, 0.3) is 11.4 Å². The number of carbonyl (C=O) groups excluding carboxylic acids is 2. The first-order chi connectivity index (χ1) is 16.9. The molecule has 8 nitrogen and oxygen atoms in total. The van der Waals surface area contributed by atoms with Crippen LogP contribution in [0.4, 0.5) is 4.39 Å². The summed E-state index contributed by atoms with van der Waals surface area (Å²) in [5.74, 6) is -1.14. The number of hydrogen-bond acceptors (Lipinski definition) is 8. The minimum absolute atomic E-state index is 0.0654. The number of piperidine rings is 1. The van der Waals surface area contributed by atoms with Crippen LogP contribution in [0.2, 0.25) is 0 Å². The number of nitrogens with zero attached hydrogens (tertiary/aromatic N) is 4. The molecular weight excluding hydrogens is 471 g/mol. The van der Waals surface area contributed by atoms with E-state index >= 15 is 0 Å². The molecule has 4 rings (SSSR count). The van der Waals surface area contributed by atoms with Gasteiger partial charge < -0.3 is 14.4 Å². The number of pyridine rings is 1. The van der Waals surface area contributed by atoms with Gasteiger partial charge in [-0.1, -0.05) is 6.07 Å². The number of ether oxygens (including phenoxy) is 2. The number of esters is 1. The Morgan fingerprint density at radius 2 is 1.86 bits per heavy atom. The quantitative estimate of drug-likeness (QED) is 0.369. The lowest BCUT2D eigenvalue weighted by Crippen LogP contribution is -2.49. The zero-order valence-electron chi connectivity index (χ0n) is 19.6. The van der Waals surface area contributed by atoms with E-state index in [1.165, 1.54) is 43.4 Å². The molecule has 0 spiro atoms. The molecular formula is C25H25FN4O4S. The molecule has 2 aromatic heterocycles. The van der Waals surface area contributed by atoms with Crippen LogP contribution in [0.15, 0.2) is 53.8 Å². The van der Waals surface area contributed by atoms with Crippen LogP contribution in [0, 0.1) is 5.82 Å². The van der Waals surface area contributed by atoms with Gasteiger partial charge in [-0.2, -0.15) is 0 Å². The molecule has 1 aliphatic heterocycles. The first kappa shape index (κ1) is 24.6. The van der Waals surface area contributed by atoms with Crippen LogP contribution >= 0.6 is 11.8 Å². The van der Waals surface area contributed by atoms with Gasteiger partial charge in [0.2, 0.25) is 5.88 Å². The molecule has 1 fully saturated rings. The van der Waals surface area contributed by atoms with E-state index in [2.05, 4.69) is 15.0 Å². The SMILES string of the molecule is COC(=O)c1c(SC)ccnc1OC1CCC(C)N(C(=O)c2cccc(F)c2-c2ncccn2)C1. The maximum absolute atomic E-state index is 14.8. The molecule has 35 heavy (non-hydrogen) atoms. The Hall–Kier alpha value is -3.53. The third-order valence-electron chi connectivity index (χ3n) is 5.90. The molecule has 0 aliphatic carbocycles. The largest absolute Gasteiger partial charge is 0.472 e. The summed E-state index contributed by atoms with van der Waals surface area (Å²) in [5.41, 5.74) is 0.504. The van der Waals surface area contributed by atoms with Gasteiger partial charge >= 0.3 is 5.97 Å². The van der Waals surface area contributed by atoms with Crippen molar-refractivity contribution in [1.82, 2.24) is 19.9 Å². The normalized spacial score (nSPS) is 17.7. The summed E-state index contributed by atoms with van der Waals surface area (Å²) in [7, 11) is 1.30. The number of likely N-dealkylation sites (tertiary alicyclic amines) is 1. The average Bonchev–Trinajstić information content (AvgIpc) is 2.89. The molecule has 1 aliphatic rings. The Kier molecular flexibility index (Phi) is 7.60. The van der Waals surface area contributed by atoms with E-state index < -0.39 is 17.9 Å². The number of rotatable bonds is 6. The summed E-state index contributed by atoms with van der Waals surface area (Å²) in [5, 5.41) is 0. The van der Waals surface area contributed by atoms with Crippen molar-refractivity contribution in [3.05, 3.63) is 65.9 Å². The highest BCUT2D eigenvalue weighted by atomic mass is 32.2. The molecule has 0 saturated carbocycles. The van der Waals surface area contributed by atoms with Crippen molar-refractivity contribution in [2.45, 2.75) is 36.8 Å². The smallest absolute Gasteiger partial charge is 0.344 e. The van der Waals surface area contributed by atoms with Crippen molar-refractivity contribution >= 4 is 23.6 Å². The van der Waals surface area contributed by atoms with Gasteiger partial charge in [-0.05, 0) is 50.3 Å². The first-order valence-corrected chi connectivity index (χ1v) is 12.3. The second kappa shape index (κ2) is 10.8. The van der Waals surface area contributed by atoms with Crippen molar-refractivity contribution < 1.29 is 23.5 Å². The van der Waals surface area contributed by atoms with Gasteiger partial charge in [0.05, 0.1) is 24.8 Å². The molecule has 182 valence electrons. The number of aromatic nitrogens is 3. The average molecular weight is 497 g/mol. The number of carbonyl (C=O) groups is 2. The highest BCUT2D eigenvalue weighted by Gasteiger charge is 2.34. The van der Waals surface area contributed by atoms with Crippen LogP contribution in [0.5, 0.6) is 5.88 Å². The predicted octanol–water partition coefficient (Wildman–Crippen LogP) is 4.26. The Bertz CT molecular complexity index is 1230. The molecule has 0 N–H and O–H groups in total. The molecule has 1 amide bonds. The maximum Gasteiger partial charge on any atom is 0.344 e. The third-order valence-corrected chi connectivity index (χ3v) is 6.68. The molecule has 2 unspecified atom stereocenters. The summed E-state index contributed by atoms with van der Waals surface area (Å²) in [4.78, 5) is 40.9. The van der Waals surface area contributed by atoms with Crippen LogP contribution in [-0.2, 0) is 4.74 Å². The summed E-state index contributed by atoms with van der Waals surface area (Å²) < 4.78 is 25.9. The van der Waals surface area contributed by atoms with Gasteiger partial charge in [0.25, 0.3) is 5.91 Å². The molecule has 0 radical (unpaired) electrons. The van der Waals surface area contributed by atoms with Gasteiger partial charge in [0, 0.05) is 29.5 Å². The Balaban J connectivity index is 1.62. The van der Waals surface area contributed by atoms with Crippen molar-refractivity contribution in [3.8, 4) is 17.3 Å². The van der Waals surface area contributed by atoms with Gasteiger partial charge in [-0.3, -0.25) is 4.79 Å². The highest BCUT2D eigenvalue weighted by Crippen LogP contribution is 2.31. The van der Waals surface area contributed by atoms with Gasteiger partial charge in [-0.25, -0.2) is 24.1 Å². The molecule has 3 heterocycles. The molecule has 1 saturated heterocycles. The van der Waals surface area contributed by atoms with Gasteiger partial charge in [0.15, 0.2) is 5.82 Å². The monoisotopic (exact) mass is 496 g/mol. The van der Waals surface area contributed by atoms with E-state index in [4.69, 9.17) is 9.47 Å². The molecule has 2 atom stereocenters. The fraction of sp³-hybridized carbons (Fsp3) is 0.320. The molecule has 1 aromatic carbocycles. The summed E-state index contributed by atoms with van der Waals surface area (Å²) in [6.07, 6.45) is 7.35. The number of amides is 1. The highest BCUT2D eigenvalue weighted by molar-refractivity contribution is 7.98. The van der Waals surface area contributed by atoms with Gasteiger partial charge in [-0.15, -0.1) is 11.8 Å². The number of methoxy groups -OCH3 is 1. The van der Waals surface area contributed by atoms with E-state index in [1.807, 2.05) is 13.2 Å². The van der Waals surface area contributed by atoms with Crippen molar-refractivity contribution in [2.75, 3.05) is 19.9 Å². The zero-order valence-corrected chi connectivity index (χ0v) is 20.4. The maximum atomic E-state index is 14.8. The minimum Gasteiger partial charge on any atom is -0.472 e. The molecule has 0 bridgehead atoms. The lowest BCUT2D eigenvalue weighted by Gasteiger charge is -2.38. The number of hydrogen-bond donors (Lipinski definition) is 0. The van der Waals surface area contributed by atoms with E-state index in [0.717, 1.165) is 0 Å². The first-order valence-electron chi connectivity index (χ1n) is 11.1. The van der Waals surface area contributed by atoms with E-state index in [1.54, 1.807) is 29.3 Å². The van der Waals surface area contributed by atoms with Gasteiger partial charge in [0.1, 0.15) is 17.5 Å². The fourth-order valence-corrected chi connectivity index (χ4v) is 4.67. The lowest BCUT2D eigenvalue weighted by molar-refractivity contribution is 0.0358.